The van der Waals surface area contributed by atoms with E-state index in [9.17, 15) is 4.79 Å². The lowest BCUT2D eigenvalue weighted by Gasteiger charge is -2.28. The van der Waals surface area contributed by atoms with Gasteiger partial charge in [0.05, 0.1) is 13.2 Å². The maximum atomic E-state index is 11.7. The highest BCUT2D eigenvalue weighted by molar-refractivity contribution is 9.10. The first-order valence-corrected chi connectivity index (χ1v) is 7.40. The number of benzene rings is 1. The summed E-state index contributed by atoms with van der Waals surface area (Å²) < 4.78 is 11.6. The minimum Gasteiger partial charge on any atom is -0.484 e. The summed E-state index contributed by atoms with van der Waals surface area (Å²) in [6.07, 6.45) is 0. The summed E-state index contributed by atoms with van der Waals surface area (Å²) in [6.45, 7) is 2.60. The second kappa shape index (κ2) is 7.56. The van der Waals surface area contributed by atoms with Gasteiger partial charge in [-0.05, 0) is 36.5 Å². The standard InChI is InChI=1S/C13H15BrN2O3S/c14-10-1-3-11(4-2-10)19-9-12(17)15-13(20)16-5-7-18-8-6-16/h1-4H,5-9H2,(H,15,17,20). The zero-order valence-electron chi connectivity index (χ0n) is 10.8. The van der Waals surface area contributed by atoms with Crippen LogP contribution in [-0.4, -0.2) is 48.8 Å². The number of nitrogens with zero attached hydrogens (tertiary/aromatic N) is 1. The van der Waals surface area contributed by atoms with Crippen molar-refractivity contribution in [3.8, 4) is 5.75 Å². The van der Waals surface area contributed by atoms with Gasteiger partial charge in [-0.2, -0.15) is 0 Å². The predicted molar refractivity (Wildman–Crippen MR) is 82.8 cm³/mol. The van der Waals surface area contributed by atoms with E-state index in [-0.39, 0.29) is 12.5 Å². The third-order valence-electron chi connectivity index (χ3n) is 2.73. The number of halogens is 1. The van der Waals surface area contributed by atoms with Crippen LogP contribution < -0.4 is 10.1 Å². The third-order valence-corrected chi connectivity index (χ3v) is 3.62. The topological polar surface area (TPSA) is 50.8 Å². The summed E-state index contributed by atoms with van der Waals surface area (Å²) in [4.78, 5) is 13.7. The van der Waals surface area contributed by atoms with E-state index in [0.29, 0.717) is 37.2 Å². The first-order valence-electron chi connectivity index (χ1n) is 6.20. The molecular formula is C13H15BrN2O3S. The van der Waals surface area contributed by atoms with Crippen molar-refractivity contribution in [3.05, 3.63) is 28.7 Å². The predicted octanol–water partition coefficient (Wildman–Crippen LogP) is 1.56. The van der Waals surface area contributed by atoms with Gasteiger partial charge in [-0.3, -0.25) is 4.79 Å². The van der Waals surface area contributed by atoms with Crippen molar-refractivity contribution in [1.82, 2.24) is 10.2 Å². The molecule has 0 aliphatic carbocycles. The van der Waals surface area contributed by atoms with E-state index in [4.69, 9.17) is 21.7 Å². The van der Waals surface area contributed by atoms with Gasteiger partial charge < -0.3 is 19.7 Å². The fourth-order valence-electron chi connectivity index (χ4n) is 1.68. The fourth-order valence-corrected chi connectivity index (χ4v) is 2.24. The van der Waals surface area contributed by atoms with Gasteiger partial charge in [0.15, 0.2) is 11.7 Å². The number of nitrogens with one attached hydrogen (secondary N) is 1. The van der Waals surface area contributed by atoms with Gasteiger partial charge in [0.1, 0.15) is 5.75 Å². The molecule has 2 rings (SSSR count). The average Bonchev–Trinajstić information content (AvgIpc) is 2.47. The number of carbonyl (C=O) groups is 1. The number of carbonyl (C=O) groups excluding carboxylic acids is 1. The number of thiocarbonyl (C=S) groups is 1. The lowest BCUT2D eigenvalue weighted by Crippen LogP contribution is -2.48. The van der Waals surface area contributed by atoms with Crippen LogP contribution in [-0.2, 0) is 9.53 Å². The van der Waals surface area contributed by atoms with Crippen LogP contribution in [0.1, 0.15) is 0 Å². The van der Waals surface area contributed by atoms with Gasteiger partial charge >= 0.3 is 0 Å². The van der Waals surface area contributed by atoms with E-state index in [0.717, 1.165) is 4.47 Å². The summed E-state index contributed by atoms with van der Waals surface area (Å²) in [5.41, 5.74) is 0. The molecule has 0 atom stereocenters. The van der Waals surface area contributed by atoms with Crippen LogP contribution in [0.25, 0.3) is 0 Å². The lowest BCUT2D eigenvalue weighted by molar-refractivity contribution is -0.121. The van der Waals surface area contributed by atoms with Crippen LogP contribution in [0.3, 0.4) is 0 Å². The van der Waals surface area contributed by atoms with Crippen molar-refractivity contribution >= 4 is 39.2 Å². The SMILES string of the molecule is O=C(COc1ccc(Br)cc1)NC(=S)N1CCOCC1. The summed E-state index contributed by atoms with van der Waals surface area (Å²) in [6, 6.07) is 7.28. The molecule has 0 unspecified atom stereocenters. The van der Waals surface area contributed by atoms with E-state index in [2.05, 4.69) is 21.2 Å². The molecule has 0 spiro atoms. The van der Waals surface area contributed by atoms with Crippen molar-refractivity contribution in [1.29, 1.82) is 0 Å². The minimum atomic E-state index is -0.260. The Bertz CT molecular complexity index is 475. The van der Waals surface area contributed by atoms with Gasteiger partial charge in [0.2, 0.25) is 0 Å². The molecule has 20 heavy (non-hydrogen) atoms. The highest BCUT2D eigenvalue weighted by Gasteiger charge is 2.15. The Morgan fingerprint density at radius 3 is 2.65 bits per heavy atom. The molecule has 1 aliphatic heterocycles. The summed E-state index contributed by atoms with van der Waals surface area (Å²) in [7, 11) is 0. The highest BCUT2D eigenvalue weighted by atomic mass is 79.9. The Hall–Kier alpha value is -1.18. The zero-order chi connectivity index (χ0) is 14.4. The Labute approximate surface area is 131 Å². The molecule has 0 aromatic heterocycles. The molecular weight excluding hydrogens is 344 g/mol. The molecule has 1 heterocycles. The lowest BCUT2D eigenvalue weighted by atomic mass is 10.3. The van der Waals surface area contributed by atoms with Crippen LogP contribution in [0, 0.1) is 0 Å². The van der Waals surface area contributed by atoms with Gasteiger partial charge in [0, 0.05) is 17.6 Å². The zero-order valence-corrected chi connectivity index (χ0v) is 13.2. The van der Waals surface area contributed by atoms with E-state index in [1.807, 2.05) is 17.0 Å². The van der Waals surface area contributed by atoms with Crippen molar-refractivity contribution in [2.75, 3.05) is 32.9 Å². The summed E-state index contributed by atoms with van der Waals surface area (Å²) in [5.74, 6) is 0.380. The molecule has 5 nitrogen and oxygen atoms in total. The van der Waals surface area contributed by atoms with Gasteiger partial charge in [-0.1, -0.05) is 15.9 Å². The van der Waals surface area contributed by atoms with Gasteiger partial charge in [0.25, 0.3) is 5.91 Å². The maximum Gasteiger partial charge on any atom is 0.264 e. The normalized spacial score (nSPS) is 14.8. The molecule has 1 aromatic rings. The number of morpholine rings is 1. The first kappa shape index (κ1) is 15.2. The van der Waals surface area contributed by atoms with Crippen molar-refractivity contribution < 1.29 is 14.3 Å². The number of hydrogen-bond acceptors (Lipinski definition) is 4. The molecule has 1 N–H and O–H groups in total. The van der Waals surface area contributed by atoms with Crippen molar-refractivity contribution in [2.24, 2.45) is 0 Å². The molecule has 0 radical (unpaired) electrons. The summed E-state index contributed by atoms with van der Waals surface area (Å²) >= 11 is 8.51. The van der Waals surface area contributed by atoms with Gasteiger partial charge in [-0.15, -0.1) is 0 Å². The fraction of sp³-hybridized carbons (Fsp3) is 0.385. The van der Waals surface area contributed by atoms with Crippen LogP contribution in [0.2, 0.25) is 0 Å². The van der Waals surface area contributed by atoms with Crippen LogP contribution in [0.5, 0.6) is 5.75 Å². The number of ether oxygens (including phenoxy) is 2. The Balaban J connectivity index is 1.74. The highest BCUT2D eigenvalue weighted by Crippen LogP contribution is 2.15. The number of hydrogen-bond donors (Lipinski definition) is 1. The molecule has 1 fully saturated rings. The number of rotatable bonds is 3. The molecule has 0 saturated carbocycles. The second-order valence-corrected chi connectivity index (χ2v) is 5.50. The quantitative estimate of drug-likeness (QED) is 0.831. The van der Waals surface area contributed by atoms with E-state index >= 15 is 0 Å². The van der Waals surface area contributed by atoms with E-state index < -0.39 is 0 Å². The summed E-state index contributed by atoms with van der Waals surface area (Å²) in [5, 5.41) is 3.09. The van der Waals surface area contributed by atoms with Crippen molar-refractivity contribution in [3.63, 3.8) is 0 Å². The third kappa shape index (κ3) is 4.73. The van der Waals surface area contributed by atoms with Crippen LogP contribution in [0.15, 0.2) is 28.7 Å². The Morgan fingerprint density at radius 2 is 2.00 bits per heavy atom. The van der Waals surface area contributed by atoms with E-state index in [1.165, 1.54) is 0 Å². The molecule has 108 valence electrons. The van der Waals surface area contributed by atoms with Crippen molar-refractivity contribution in [2.45, 2.75) is 0 Å². The molecule has 0 bridgehead atoms. The first-order chi connectivity index (χ1) is 9.65. The smallest absolute Gasteiger partial charge is 0.264 e. The molecule has 1 saturated heterocycles. The van der Waals surface area contributed by atoms with Crippen LogP contribution in [0.4, 0.5) is 0 Å². The Kier molecular flexibility index (Phi) is 5.75. The monoisotopic (exact) mass is 358 g/mol. The van der Waals surface area contributed by atoms with Crippen LogP contribution >= 0.6 is 28.1 Å². The largest absolute Gasteiger partial charge is 0.484 e. The van der Waals surface area contributed by atoms with Gasteiger partial charge in [-0.25, -0.2) is 0 Å². The molecule has 1 aromatic carbocycles. The molecule has 1 aliphatic rings. The molecule has 7 heteroatoms. The Morgan fingerprint density at radius 1 is 1.35 bits per heavy atom. The number of amides is 1. The maximum absolute atomic E-state index is 11.7. The minimum absolute atomic E-state index is 0.0634. The molecule has 1 amide bonds. The van der Waals surface area contributed by atoms with E-state index in [1.54, 1.807) is 12.1 Å². The average molecular weight is 359 g/mol. The second-order valence-electron chi connectivity index (χ2n) is 4.20.